The zero-order chi connectivity index (χ0) is 9.14. The summed E-state index contributed by atoms with van der Waals surface area (Å²) in [6.45, 7) is 2.58. The summed E-state index contributed by atoms with van der Waals surface area (Å²) in [6.07, 6.45) is 0.834. The Morgan fingerprint density at radius 3 is 2.75 bits per heavy atom. The first-order chi connectivity index (χ1) is 5.61. The van der Waals surface area contributed by atoms with Crippen molar-refractivity contribution in [1.82, 2.24) is 4.90 Å². The Morgan fingerprint density at radius 1 is 1.67 bits per heavy atom. The Hall–Kier alpha value is -0.150. The predicted octanol–water partition coefficient (Wildman–Crippen LogP) is 1.19. The van der Waals surface area contributed by atoms with Crippen LogP contribution in [0.25, 0.3) is 0 Å². The summed E-state index contributed by atoms with van der Waals surface area (Å²) in [5.41, 5.74) is 0. The Morgan fingerprint density at radius 2 is 2.33 bits per heavy atom. The normalized spacial score (nSPS) is 30.5. The minimum atomic E-state index is -1.06. The minimum Gasteiger partial charge on any atom is -0.390 e. The van der Waals surface area contributed by atoms with Crippen molar-refractivity contribution in [1.29, 1.82) is 0 Å². The fourth-order valence-electron chi connectivity index (χ4n) is 1.73. The molecule has 3 atom stereocenters. The standard InChI is InChI=1S/C9H18FNO/c1-7(12)9(10)6-8-4-3-5-11(8)2/h7-9,12H,3-6H2,1-2H3. The van der Waals surface area contributed by atoms with Crippen LogP contribution in [-0.4, -0.2) is 41.9 Å². The number of aliphatic hydroxyl groups is 1. The largest absolute Gasteiger partial charge is 0.390 e. The first kappa shape index (κ1) is 9.93. The summed E-state index contributed by atoms with van der Waals surface area (Å²) in [4.78, 5) is 2.18. The second-order valence-electron chi connectivity index (χ2n) is 3.77. The van der Waals surface area contributed by atoms with Gasteiger partial charge in [0.25, 0.3) is 0 Å². The highest BCUT2D eigenvalue weighted by molar-refractivity contribution is 4.80. The zero-order valence-electron chi connectivity index (χ0n) is 7.83. The molecule has 0 bridgehead atoms. The van der Waals surface area contributed by atoms with Crippen molar-refractivity contribution < 1.29 is 9.50 Å². The maximum absolute atomic E-state index is 13.1. The summed E-state index contributed by atoms with van der Waals surface area (Å²) < 4.78 is 13.1. The van der Waals surface area contributed by atoms with Gasteiger partial charge in [0, 0.05) is 6.04 Å². The average Bonchev–Trinajstić information content (AvgIpc) is 2.36. The molecule has 1 fully saturated rings. The number of hydrogen-bond donors (Lipinski definition) is 1. The number of nitrogens with zero attached hydrogens (tertiary/aromatic N) is 1. The van der Waals surface area contributed by atoms with Crippen molar-refractivity contribution >= 4 is 0 Å². The predicted molar refractivity (Wildman–Crippen MR) is 46.8 cm³/mol. The molecule has 3 unspecified atom stereocenters. The molecule has 1 N–H and O–H groups in total. The number of likely N-dealkylation sites (tertiary alicyclic amines) is 1. The third-order valence-corrected chi connectivity index (χ3v) is 2.69. The van der Waals surface area contributed by atoms with Gasteiger partial charge in [0.15, 0.2) is 0 Å². The number of aliphatic hydroxyl groups excluding tert-OH is 1. The van der Waals surface area contributed by atoms with Gasteiger partial charge in [-0.15, -0.1) is 0 Å². The summed E-state index contributed by atoms with van der Waals surface area (Å²) in [5.74, 6) is 0. The van der Waals surface area contributed by atoms with E-state index in [9.17, 15) is 4.39 Å². The molecular weight excluding hydrogens is 157 g/mol. The van der Waals surface area contributed by atoms with E-state index in [1.807, 2.05) is 7.05 Å². The molecule has 0 aromatic rings. The highest BCUT2D eigenvalue weighted by Gasteiger charge is 2.26. The lowest BCUT2D eigenvalue weighted by Gasteiger charge is -2.22. The van der Waals surface area contributed by atoms with Crippen LogP contribution < -0.4 is 0 Å². The fourth-order valence-corrected chi connectivity index (χ4v) is 1.73. The Labute approximate surface area is 73.4 Å². The lowest BCUT2D eigenvalue weighted by Crippen LogP contribution is -2.31. The van der Waals surface area contributed by atoms with E-state index >= 15 is 0 Å². The SMILES string of the molecule is CC(O)C(F)CC1CCCN1C. The molecule has 0 amide bonds. The zero-order valence-corrected chi connectivity index (χ0v) is 7.83. The number of hydrogen-bond acceptors (Lipinski definition) is 2. The first-order valence-electron chi connectivity index (χ1n) is 4.63. The van der Waals surface area contributed by atoms with E-state index in [0.29, 0.717) is 12.5 Å². The summed E-state index contributed by atoms with van der Waals surface area (Å²) in [5, 5.41) is 8.97. The van der Waals surface area contributed by atoms with Gasteiger partial charge in [0.1, 0.15) is 6.17 Å². The Balaban J connectivity index is 2.30. The number of rotatable bonds is 3. The van der Waals surface area contributed by atoms with E-state index in [-0.39, 0.29) is 0 Å². The van der Waals surface area contributed by atoms with Crippen LogP contribution in [0.4, 0.5) is 4.39 Å². The molecule has 0 radical (unpaired) electrons. The first-order valence-corrected chi connectivity index (χ1v) is 4.63. The van der Waals surface area contributed by atoms with Crippen LogP contribution in [-0.2, 0) is 0 Å². The highest BCUT2D eigenvalue weighted by atomic mass is 19.1. The third kappa shape index (κ3) is 2.42. The molecule has 0 aliphatic carbocycles. The Kier molecular flexibility index (Phi) is 3.47. The molecule has 3 heteroatoms. The van der Waals surface area contributed by atoms with Crippen LogP contribution in [0, 0.1) is 0 Å². The van der Waals surface area contributed by atoms with Crippen LogP contribution in [0.2, 0.25) is 0 Å². The van der Waals surface area contributed by atoms with Crippen molar-refractivity contribution in [2.75, 3.05) is 13.6 Å². The van der Waals surface area contributed by atoms with Gasteiger partial charge in [0.2, 0.25) is 0 Å². The summed E-state index contributed by atoms with van der Waals surface area (Å²) in [7, 11) is 2.02. The van der Waals surface area contributed by atoms with E-state index in [1.54, 1.807) is 0 Å². The van der Waals surface area contributed by atoms with Gasteiger partial charge in [-0.3, -0.25) is 0 Å². The van der Waals surface area contributed by atoms with Crippen LogP contribution in [0.1, 0.15) is 26.2 Å². The van der Waals surface area contributed by atoms with Gasteiger partial charge in [-0.1, -0.05) is 0 Å². The topological polar surface area (TPSA) is 23.5 Å². The van der Waals surface area contributed by atoms with Gasteiger partial charge < -0.3 is 10.0 Å². The quantitative estimate of drug-likeness (QED) is 0.696. The second-order valence-corrected chi connectivity index (χ2v) is 3.77. The van der Waals surface area contributed by atoms with E-state index in [1.165, 1.54) is 6.92 Å². The molecule has 72 valence electrons. The monoisotopic (exact) mass is 175 g/mol. The van der Waals surface area contributed by atoms with Crippen molar-refractivity contribution in [2.24, 2.45) is 0 Å². The van der Waals surface area contributed by atoms with Gasteiger partial charge in [-0.25, -0.2) is 4.39 Å². The third-order valence-electron chi connectivity index (χ3n) is 2.69. The van der Waals surface area contributed by atoms with Crippen molar-refractivity contribution in [3.8, 4) is 0 Å². The molecular formula is C9H18FNO. The molecule has 0 saturated carbocycles. The van der Waals surface area contributed by atoms with Gasteiger partial charge >= 0.3 is 0 Å². The molecule has 1 aliphatic heterocycles. The van der Waals surface area contributed by atoms with E-state index in [0.717, 1.165) is 19.4 Å². The maximum atomic E-state index is 13.1. The molecule has 1 saturated heterocycles. The summed E-state index contributed by atoms with van der Waals surface area (Å²) in [6, 6.07) is 0.342. The maximum Gasteiger partial charge on any atom is 0.127 e. The van der Waals surface area contributed by atoms with Crippen LogP contribution in [0.5, 0.6) is 0 Å². The van der Waals surface area contributed by atoms with E-state index in [4.69, 9.17) is 5.11 Å². The molecule has 0 aromatic carbocycles. The van der Waals surface area contributed by atoms with Crippen molar-refractivity contribution in [3.05, 3.63) is 0 Å². The van der Waals surface area contributed by atoms with Gasteiger partial charge in [-0.05, 0) is 39.8 Å². The van der Waals surface area contributed by atoms with Gasteiger partial charge in [-0.2, -0.15) is 0 Å². The molecule has 0 spiro atoms. The van der Waals surface area contributed by atoms with Crippen molar-refractivity contribution in [3.63, 3.8) is 0 Å². The van der Waals surface area contributed by atoms with Crippen molar-refractivity contribution in [2.45, 2.75) is 44.5 Å². The van der Waals surface area contributed by atoms with Crippen LogP contribution in [0.15, 0.2) is 0 Å². The molecule has 2 nitrogen and oxygen atoms in total. The van der Waals surface area contributed by atoms with Crippen LogP contribution in [0.3, 0.4) is 0 Å². The minimum absolute atomic E-state index is 0.342. The summed E-state index contributed by atoms with van der Waals surface area (Å²) >= 11 is 0. The van der Waals surface area contributed by atoms with E-state index in [2.05, 4.69) is 4.90 Å². The molecule has 1 aliphatic rings. The second kappa shape index (κ2) is 4.19. The fraction of sp³-hybridized carbons (Fsp3) is 1.00. The molecule has 0 aromatic heterocycles. The van der Waals surface area contributed by atoms with E-state index < -0.39 is 12.3 Å². The molecule has 1 rings (SSSR count). The molecule has 12 heavy (non-hydrogen) atoms. The lowest BCUT2D eigenvalue weighted by molar-refractivity contribution is 0.0719. The Bertz CT molecular complexity index is 140. The lowest BCUT2D eigenvalue weighted by atomic mass is 10.1. The van der Waals surface area contributed by atoms with Gasteiger partial charge in [0.05, 0.1) is 6.10 Å². The number of alkyl halides is 1. The average molecular weight is 175 g/mol. The smallest absolute Gasteiger partial charge is 0.127 e. The molecule has 1 heterocycles. The van der Waals surface area contributed by atoms with Crippen LogP contribution >= 0.6 is 0 Å². The number of halogens is 1. The highest BCUT2D eigenvalue weighted by Crippen LogP contribution is 2.21.